The van der Waals surface area contributed by atoms with Crippen molar-refractivity contribution >= 4 is 27.7 Å². The summed E-state index contributed by atoms with van der Waals surface area (Å²) >= 11 is 5.31. The Morgan fingerprint density at radius 1 is 1.17 bits per heavy atom. The summed E-state index contributed by atoms with van der Waals surface area (Å²) in [4.78, 5) is 2.38. The summed E-state index contributed by atoms with van der Waals surface area (Å²) in [6.45, 7) is 4.87. The van der Waals surface area contributed by atoms with Crippen LogP contribution in [0.25, 0.3) is 0 Å². The van der Waals surface area contributed by atoms with E-state index in [-0.39, 0.29) is 6.10 Å². The highest BCUT2D eigenvalue weighted by atomic mass is 79.9. The highest BCUT2D eigenvalue weighted by molar-refractivity contribution is 9.10. The van der Waals surface area contributed by atoms with E-state index in [1.807, 2.05) is 38.1 Å². The summed E-state index contributed by atoms with van der Waals surface area (Å²) in [5, 5.41) is 0. The van der Waals surface area contributed by atoms with E-state index < -0.39 is 5.79 Å². The lowest BCUT2D eigenvalue weighted by Crippen LogP contribution is -2.25. The average molecular weight is 395 g/mol. The van der Waals surface area contributed by atoms with Gasteiger partial charge in [-0.05, 0) is 60.1 Å². The van der Waals surface area contributed by atoms with Crippen LogP contribution < -0.4 is 4.74 Å². The lowest BCUT2D eigenvalue weighted by Gasteiger charge is -2.17. The molecule has 5 heteroatoms. The van der Waals surface area contributed by atoms with Crippen LogP contribution in [0.15, 0.2) is 62.8 Å². The first-order chi connectivity index (χ1) is 11.0. The Hall–Kier alpha value is -1.01. The molecule has 2 aromatic rings. The normalized spacial score (nSPS) is 19.7. The second-order valence-corrected chi connectivity index (χ2v) is 7.77. The van der Waals surface area contributed by atoms with Gasteiger partial charge in [-0.25, -0.2) is 0 Å². The van der Waals surface area contributed by atoms with Crippen molar-refractivity contribution in [3.05, 3.63) is 53.0 Å². The molecule has 122 valence electrons. The molecule has 0 spiro atoms. The molecule has 23 heavy (non-hydrogen) atoms. The van der Waals surface area contributed by atoms with E-state index in [9.17, 15) is 0 Å². The van der Waals surface area contributed by atoms with Gasteiger partial charge in [0.25, 0.3) is 0 Å². The molecular weight excluding hydrogens is 376 g/mol. The lowest BCUT2D eigenvalue weighted by atomic mass is 10.3. The fourth-order valence-electron chi connectivity index (χ4n) is 2.31. The van der Waals surface area contributed by atoms with Crippen molar-refractivity contribution in [3.63, 3.8) is 0 Å². The predicted octanol–water partition coefficient (Wildman–Crippen LogP) is 5.13. The number of rotatable bonds is 5. The van der Waals surface area contributed by atoms with Crippen LogP contribution in [0, 0.1) is 0 Å². The van der Waals surface area contributed by atoms with Gasteiger partial charge in [0.05, 0.1) is 11.1 Å². The third-order valence-electron chi connectivity index (χ3n) is 3.37. The first-order valence-corrected chi connectivity index (χ1v) is 9.10. The van der Waals surface area contributed by atoms with Crippen molar-refractivity contribution in [2.24, 2.45) is 0 Å². The maximum atomic E-state index is 5.86. The SMILES string of the molecule is CC1(C)OC[C@H](COc2ccc(Sc3ccccc3)cc2Br)O1. The predicted molar refractivity (Wildman–Crippen MR) is 95.1 cm³/mol. The van der Waals surface area contributed by atoms with Gasteiger partial charge in [0.2, 0.25) is 0 Å². The number of benzene rings is 2. The Labute approximate surface area is 149 Å². The van der Waals surface area contributed by atoms with E-state index in [4.69, 9.17) is 14.2 Å². The number of hydrogen-bond acceptors (Lipinski definition) is 4. The fraction of sp³-hybridized carbons (Fsp3) is 0.333. The second kappa shape index (κ2) is 7.26. The highest BCUT2D eigenvalue weighted by Gasteiger charge is 2.33. The number of halogens is 1. The highest BCUT2D eigenvalue weighted by Crippen LogP contribution is 2.34. The van der Waals surface area contributed by atoms with Crippen LogP contribution in [0.3, 0.4) is 0 Å². The van der Waals surface area contributed by atoms with Gasteiger partial charge in [0.15, 0.2) is 5.79 Å². The molecule has 0 unspecified atom stereocenters. The summed E-state index contributed by atoms with van der Waals surface area (Å²) in [6.07, 6.45) is -0.0322. The van der Waals surface area contributed by atoms with E-state index >= 15 is 0 Å². The van der Waals surface area contributed by atoms with Crippen molar-refractivity contribution < 1.29 is 14.2 Å². The van der Waals surface area contributed by atoms with E-state index in [1.165, 1.54) is 4.90 Å². The van der Waals surface area contributed by atoms with E-state index in [0.717, 1.165) is 15.1 Å². The maximum Gasteiger partial charge on any atom is 0.163 e. The number of hydrogen-bond donors (Lipinski definition) is 0. The van der Waals surface area contributed by atoms with Gasteiger partial charge < -0.3 is 14.2 Å². The molecule has 1 aliphatic heterocycles. The molecule has 1 atom stereocenters. The minimum atomic E-state index is -0.512. The summed E-state index contributed by atoms with van der Waals surface area (Å²) in [5.41, 5.74) is 0. The maximum absolute atomic E-state index is 5.86. The molecular formula is C18H19BrO3S. The molecule has 0 aliphatic carbocycles. The van der Waals surface area contributed by atoms with Gasteiger partial charge in [0.1, 0.15) is 18.5 Å². The van der Waals surface area contributed by atoms with Crippen LogP contribution in [0.4, 0.5) is 0 Å². The zero-order valence-corrected chi connectivity index (χ0v) is 15.5. The smallest absolute Gasteiger partial charge is 0.163 e. The summed E-state index contributed by atoms with van der Waals surface area (Å²) in [7, 11) is 0. The number of ether oxygens (including phenoxy) is 3. The first-order valence-electron chi connectivity index (χ1n) is 7.49. The van der Waals surface area contributed by atoms with Gasteiger partial charge >= 0.3 is 0 Å². The molecule has 1 aliphatic rings. The van der Waals surface area contributed by atoms with Crippen LogP contribution in [-0.2, 0) is 9.47 Å². The van der Waals surface area contributed by atoms with Crippen LogP contribution in [0.1, 0.15) is 13.8 Å². The van der Waals surface area contributed by atoms with Crippen molar-refractivity contribution in [3.8, 4) is 5.75 Å². The molecule has 0 bridgehead atoms. The summed E-state index contributed by atoms with van der Waals surface area (Å²) < 4.78 is 18.1. The van der Waals surface area contributed by atoms with Crippen molar-refractivity contribution in [1.29, 1.82) is 0 Å². The van der Waals surface area contributed by atoms with Crippen LogP contribution in [0.5, 0.6) is 5.75 Å². The first kappa shape index (κ1) is 16.8. The lowest BCUT2D eigenvalue weighted by molar-refractivity contribution is -0.141. The topological polar surface area (TPSA) is 27.7 Å². The molecule has 3 nitrogen and oxygen atoms in total. The molecule has 1 heterocycles. The Kier molecular flexibility index (Phi) is 5.31. The Balaban J connectivity index is 1.59. The van der Waals surface area contributed by atoms with E-state index in [1.54, 1.807) is 11.8 Å². The van der Waals surface area contributed by atoms with Crippen LogP contribution >= 0.6 is 27.7 Å². The monoisotopic (exact) mass is 394 g/mol. The Morgan fingerprint density at radius 3 is 2.61 bits per heavy atom. The van der Waals surface area contributed by atoms with Crippen molar-refractivity contribution in [2.45, 2.75) is 35.5 Å². The Morgan fingerprint density at radius 2 is 1.96 bits per heavy atom. The van der Waals surface area contributed by atoms with Gasteiger partial charge in [-0.15, -0.1) is 0 Å². The van der Waals surface area contributed by atoms with E-state index in [2.05, 4.69) is 40.2 Å². The standard InChI is InChI=1S/C18H19BrO3S/c1-18(2)21-12-13(22-18)11-20-17-9-8-15(10-16(17)19)23-14-6-4-3-5-7-14/h3-10,13H,11-12H2,1-2H3/t13-/m0/s1. The third kappa shape index (κ3) is 4.73. The van der Waals surface area contributed by atoms with Gasteiger partial charge in [-0.3, -0.25) is 0 Å². The molecule has 0 amide bonds. The fourth-order valence-corrected chi connectivity index (χ4v) is 3.84. The zero-order chi connectivity index (χ0) is 16.3. The van der Waals surface area contributed by atoms with Gasteiger partial charge in [-0.2, -0.15) is 0 Å². The second-order valence-electron chi connectivity index (χ2n) is 5.77. The molecule has 0 N–H and O–H groups in total. The minimum absolute atomic E-state index is 0.0322. The van der Waals surface area contributed by atoms with Crippen LogP contribution in [-0.4, -0.2) is 25.1 Å². The van der Waals surface area contributed by atoms with Crippen molar-refractivity contribution in [1.82, 2.24) is 0 Å². The molecule has 0 aromatic heterocycles. The van der Waals surface area contributed by atoms with Crippen LogP contribution in [0.2, 0.25) is 0 Å². The summed E-state index contributed by atoms with van der Waals surface area (Å²) in [5.74, 6) is 0.303. The third-order valence-corrected chi connectivity index (χ3v) is 4.99. The largest absolute Gasteiger partial charge is 0.490 e. The molecule has 3 rings (SSSR count). The summed E-state index contributed by atoms with van der Waals surface area (Å²) in [6, 6.07) is 16.4. The molecule has 2 aromatic carbocycles. The quantitative estimate of drug-likeness (QED) is 0.702. The van der Waals surface area contributed by atoms with Gasteiger partial charge in [-0.1, -0.05) is 30.0 Å². The molecule has 1 fully saturated rings. The Bertz CT molecular complexity index is 661. The van der Waals surface area contributed by atoms with Crippen molar-refractivity contribution in [2.75, 3.05) is 13.2 Å². The molecule has 0 radical (unpaired) electrons. The van der Waals surface area contributed by atoms with Gasteiger partial charge in [0, 0.05) is 9.79 Å². The average Bonchev–Trinajstić information content (AvgIpc) is 2.87. The molecule has 1 saturated heterocycles. The zero-order valence-electron chi connectivity index (χ0n) is 13.1. The molecule has 0 saturated carbocycles. The minimum Gasteiger partial charge on any atom is -0.490 e. The van der Waals surface area contributed by atoms with E-state index in [0.29, 0.717) is 13.2 Å².